The summed E-state index contributed by atoms with van der Waals surface area (Å²) in [5.74, 6) is 0.464. The van der Waals surface area contributed by atoms with Crippen LogP contribution in [0.15, 0.2) is 47.8 Å². The first-order chi connectivity index (χ1) is 10.8. The summed E-state index contributed by atoms with van der Waals surface area (Å²) in [6.45, 7) is 2.03. The third-order valence-corrected chi connectivity index (χ3v) is 3.94. The number of nitrogens with zero attached hydrogens (tertiary/aromatic N) is 2. The third-order valence-electron chi connectivity index (χ3n) is 3.94. The van der Waals surface area contributed by atoms with E-state index in [0.29, 0.717) is 23.1 Å². The van der Waals surface area contributed by atoms with Gasteiger partial charge in [0.05, 0.1) is 13.1 Å². The molecule has 0 aromatic carbocycles. The predicted octanol–water partition coefficient (Wildman–Crippen LogP) is 1.63. The van der Waals surface area contributed by atoms with Crippen molar-refractivity contribution in [1.82, 2.24) is 15.3 Å². The van der Waals surface area contributed by atoms with Gasteiger partial charge in [0.25, 0.3) is 0 Å². The molecule has 0 bridgehead atoms. The summed E-state index contributed by atoms with van der Waals surface area (Å²) in [6.07, 6.45) is 7.47. The molecule has 3 heterocycles. The lowest BCUT2D eigenvalue weighted by atomic mass is 9.86. The fourth-order valence-corrected chi connectivity index (χ4v) is 2.82. The van der Waals surface area contributed by atoms with Crippen molar-refractivity contribution in [3.63, 3.8) is 0 Å². The predicted molar refractivity (Wildman–Crippen MR) is 83.3 cm³/mol. The summed E-state index contributed by atoms with van der Waals surface area (Å²) in [4.78, 5) is 12.0. The number of pyridine rings is 2. The summed E-state index contributed by atoms with van der Waals surface area (Å²) in [5, 5.41) is 3.39. The molecule has 3 rings (SSSR count). The van der Waals surface area contributed by atoms with Gasteiger partial charge in [-0.25, -0.2) is 0 Å². The first-order valence-electron chi connectivity index (χ1n) is 7.84. The number of H-pyrrole nitrogens is 1. The van der Waals surface area contributed by atoms with Crippen LogP contribution in [0.1, 0.15) is 25.8 Å². The number of aromatic nitrogens is 2. The molecule has 2 aromatic rings. The van der Waals surface area contributed by atoms with Gasteiger partial charge in [-0.15, -0.1) is 0 Å². The van der Waals surface area contributed by atoms with Crippen LogP contribution in [0.3, 0.4) is 0 Å². The van der Waals surface area contributed by atoms with Crippen molar-refractivity contribution in [3.8, 4) is 0 Å². The summed E-state index contributed by atoms with van der Waals surface area (Å²) in [7, 11) is 0. The largest absolute Gasteiger partial charge is 0.396 e. The zero-order chi connectivity index (χ0) is 15.4. The van der Waals surface area contributed by atoms with Gasteiger partial charge in [-0.2, -0.15) is 0 Å². The fraction of sp³-hybridized carbons (Fsp3) is 0.375. The van der Waals surface area contributed by atoms with Gasteiger partial charge in [-0.3, -0.25) is 9.98 Å². The molecule has 5 heteroatoms. The van der Waals surface area contributed by atoms with Crippen molar-refractivity contribution in [2.24, 2.45) is 10.9 Å². The van der Waals surface area contributed by atoms with Gasteiger partial charge in [0.2, 0.25) is 0 Å². The van der Waals surface area contributed by atoms with E-state index < -0.39 is 0 Å². The zero-order valence-corrected chi connectivity index (χ0v) is 11.9. The quantitative estimate of drug-likeness (QED) is 0.801. The topological polar surface area (TPSA) is 79.1 Å². The Labute approximate surface area is 125 Å². The molecule has 0 aliphatic carbocycles. The number of anilines is 1. The Morgan fingerprint density at radius 1 is 1.33 bits per heavy atom. The Kier molecular flexibility index (Phi) is 3.92. The van der Waals surface area contributed by atoms with Gasteiger partial charge in [0.15, 0.2) is 0 Å². The summed E-state index contributed by atoms with van der Waals surface area (Å²) in [5.41, 5.74) is 8.13. The maximum Gasteiger partial charge on any atom is 0.149 e. The minimum Gasteiger partial charge on any atom is -0.396 e. The van der Waals surface area contributed by atoms with Crippen LogP contribution in [0, 0.1) is 5.92 Å². The molecule has 110 valence electrons. The van der Waals surface area contributed by atoms with E-state index in [0.717, 1.165) is 31.5 Å². The second-order valence-corrected chi connectivity index (χ2v) is 5.33. The highest BCUT2D eigenvalue weighted by molar-refractivity contribution is 5.32. The molecule has 0 saturated carbocycles. The lowest BCUT2D eigenvalue weighted by Crippen LogP contribution is -2.31. The minimum atomic E-state index is 0.0328. The van der Waals surface area contributed by atoms with Crippen LogP contribution in [0.25, 0.3) is 0 Å². The van der Waals surface area contributed by atoms with Crippen LogP contribution in [0.4, 0.5) is 5.69 Å². The molecule has 0 amide bonds. The number of aromatic amines is 1. The molecule has 1 unspecified atom stereocenters. The number of rotatable bonds is 3. The molecule has 4 N–H and O–H groups in total. The normalized spacial score (nSPS) is 19.2. The Morgan fingerprint density at radius 3 is 2.86 bits per heavy atom. The molecular weight excluding hydrogens is 262 g/mol. The van der Waals surface area contributed by atoms with E-state index in [2.05, 4.69) is 15.3 Å². The van der Waals surface area contributed by atoms with E-state index >= 15 is 0 Å². The maximum absolute atomic E-state index is 7.83. The molecule has 0 spiro atoms. The first-order valence-corrected chi connectivity index (χ1v) is 7.34. The average molecular weight is 284 g/mol. The molecule has 5 nitrogen and oxygen atoms in total. The lowest BCUT2D eigenvalue weighted by Gasteiger charge is -2.28. The zero-order valence-electron chi connectivity index (χ0n) is 12.9. The highest BCUT2D eigenvalue weighted by Gasteiger charge is 2.24. The molecule has 2 aromatic heterocycles. The van der Waals surface area contributed by atoms with Crippen molar-refractivity contribution >= 4 is 5.69 Å². The van der Waals surface area contributed by atoms with Gasteiger partial charge >= 0.3 is 0 Å². The number of nitrogen functional groups attached to an aromatic ring is 1. The maximum atomic E-state index is 7.83. The van der Waals surface area contributed by atoms with E-state index in [1.165, 1.54) is 0 Å². The number of piperidine rings is 1. The molecule has 1 aliphatic heterocycles. The molecular formula is C16H21N5. The first kappa shape index (κ1) is 12.6. The highest BCUT2D eigenvalue weighted by Crippen LogP contribution is 2.31. The minimum absolute atomic E-state index is 0.0328. The van der Waals surface area contributed by atoms with Crippen molar-refractivity contribution in [2.45, 2.75) is 18.9 Å². The molecule has 21 heavy (non-hydrogen) atoms. The number of hydrogen-bond acceptors (Lipinski definition) is 4. The molecule has 1 fully saturated rings. The van der Waals surface area contributed by atoms with Gasteiger partial charge in [0, 0.05) is 18.6 Å². The van der Waals surface area contributed by atoms with E-state index in [1.54, 1.807) is 24.7 Å². The number of nitrogens with one attached hydrogen (secondary N) is 2. The average Bonchev–Trinajstić information content (AvgIpc) is 2.58. The van der Waals surface area contributed by atoms with Crippen molar-refractivity contribution < 1.29 is 1.37 Å². The summed E-state index contributed by atoms with van der Waals surface area (Å²) < 4.78 is 7.83. The van der Waals surface area contributed by atoms with Gasteiger partial charge in [0.1, 0.15) is 5.49 Å². The van der Waals surface area contributed by atoms with E-state index in [4.69, 9.17) is 12.1 Å². The van der Waals surface area contributed by atoms with Crippen LogP contribution in [-0.2, 0) is 0 Å². The van der Waals surface area contributed by atoms with Crippen LogP contribution in [-0.4, -0.2) is 23.1 Å². The van der Waals surface area contributed by atoms with E-state index in [1.807, 2.05) is 12.1 Å². The standard InChI is InChI=1S/C16H21N5/c17-14-2-1-7-20-16(14)21-15(12-3-8-18-9-4-12)13-5-10-19-11-6-13/h1-4,7-9,13,15,19H,5-6,10-11,17H2,(H,20,21)/i2D. The van der Waals surface area contributed by atoms with Crippen molar-refractivity contribution in [3.05, 3.63) is 53.9 Å². The molecule has 1 saturated heterocycles. The SMILES string of the molecule is [2H]c1cc[nH]c(=NC(c2ccncc2)C2CCNCC2)c1N. The molecule has 0 radical (unpaired) electrons. The van der Waals surface area contributed by atoms with Crippen LogP contribution in [0.5, 0.6) is 0 Å². The number of hydrogen-bond donors (Lipinski definition) is 3. The number of nitrogens with two attached hydrogens (primary N) is 1. The Morgan fingerprint density at radius 2 is 2.10 bits per heavy atom. The van der Waals surface area contributed by atoms with Gasteiger partial charge in [-0.05, 0) is 61.7 Å². The Balaban J connectivity index is 2.03. The Bertz CT molecular complexity index is 676. The highest BCUT2D eigenvalue weighted by atomic mass is 14.9. The van der Waals surface area contributed by atoms with Crippen molar-refractivity contribution in [2.75, 3.05) is 18.8 Å². The van der Waals surface area contributed by atoms with Gasteiger partial charge in [-0.1, -0.05) is 0 Å². The smallest absolute Gasteiger partial charge is 0.149 e. The third kappa shape index (κ3) is 3.31. The van der Waals surface area contributed by atoms with E-state index in [9.17, 15) is 0 Å². The van der Waals surface area contributed by atoms with Gasteiger partial charge < -0.3 is 16.0 Å². The Hall–Kier alpha value is -2.14. The molecule has 1 atom stereocenters. The van der Waals surface area contributed by atoms with Crippen LogP contribution < -0.4 is 16.5 Å². The van der Waals surface area contributed by atoms with E-state index in [-0.39, 0.29) is 6.04 Å². The van der Waals surface area contributed by atoms with Crippen LogP contribution in [0.2, 0.25) is 0 Å². The molecule has 1 aliphatic rings. The second-order valence-electron chi connectivity index (χ2n) is 5.33. The van der Waals surface area contributed by atoms with Crippen molar-refractivity contribution in [1.29, 1.82) is 0 Å². The second kappa shape index (κ2) is 6.54. The monoisotopic (exact) mass is 284 g/mol. The fourth-order valence-electron chi connectivity index (χ4n) is 2.82. The van der Waals surface area contributed by atoms with Crippen LogP contribution >= 0.6 is 0 Å². The summed E-state index contributed by atoms with van der Waals surface area (Å²) >= 11 is 0. The summed E-state index contributed by atoms with van der Waals surface area (Å²) in [6, 6.07) is 6.00. The lowest BCUT2D eigenvalue weighted by molar-refractivity contribution is 0.319.